The van der Waals surface area contributed by atoms with Gasteiger partial charge in [-0.25, -0.2) is 0 Å². The molecule has 4 heterocycles. The predicted molar refractivity (Wildman–Crippen MR) is 174 cm³/mol. The number of rotatable bonds is 10. The fraction of sp³-hybridized carbons (Fsp3) is 0.545. The summed E-state index contributed by atoms with van der Waals surface area (Å²) in [4.78, 5) is 14.4. The third kappa shape index (κ3) is 7.51. The second kappa shape index (κ2) is 16.3. The van der Waals surface area contributed by atoms with Gasteiger partial charge >= 0.3 is 0 Å². The van der Waals surface area contributed by atoms with E-state index in [-0.39, 0.29) is 11.3 Å². The molecular formula is C33H40O22. The maximum Gasteiger partial charge on any atom is 0.239 e. The fourth-order valence-corrected chi connectivity index (χ4v) is 6.24. The van der Waals surface area contributed by atoms with Gasteiger partial charge in [-0.1, -0.05) is 0 Å². The van der Waals surface area contributed by atoms with Gasteiger partial charge in [0.25, 0.3) is 0 Å². The molecule has 0 radical (unpaired) electrons. The molecule has 3 aliphatic heterocycles. The quantitative estimate of drug-likeness (QED) is 0.0910. The third-order valence-electron chi connectivity index (χ3n) is 9.42. The van der Waals surface area contributed by atoms with Crippen molar-refractivity contribution in [1.82, 2.24) is 0 Å². The first-order chi connectivity index (χ1) is 26.1. The minimum Gasteiger partial charge on any atom is -0.508 e. The molecule has 3 aromatic rings. The Balaban J connectivity index is 1.53. The first-order valence-corrected chi connectivity index (χ1v) is 16.7. The number of phenols is 2. The molecule has 2 aromatic carbocycles. The van der Waals surface area contributed by atoms with Crippen molar-refractivity contribution in [3.8, 4) is 40.1 Å². The Labute approximate surface area is 307 Å². The van der Waals surface area contributed by atoms with Gasteiger partial charge in [0, 0.05) is 11.6 Å². The molecule has 22 heteroatoms. The zero-order valence-electron chi connectivity index (χ0n) is 28.2. The van der Waals surface area contributed by atoms with Gasteiger partial charge in [0.15, 0.2) is 17.3 Å². The minimum absolute atomic E-state index is 0.0222. The van der Waals surface area contributed by atoms with E-state index >= 15 is 0 Å². The van der Waals surface area contributed by atoms with Crippen molar-refractivity contribution in [2.24, 2.45) is 0 Å². The van der Waals surface area contributed by atoms with Crippen molar-refractivity contribution < 1.29 is 104 Å². The van der Waals surface area contributed by atoms with Crippen molar-refractivity contribution in [1.29, 1.82) is 0 Å². The van der Waals surface area contributed by atoms with Gasteiger partial charge in [-0.15, -0.1) is 0 Å². The average molecular weight is 789 g/mol. The first-order valence-electron chi connectivity index (χ1n) is 16.7. The largest absolute Gasteiger partial charge is 0.508 e. The van der Waals surface area contributed by atoms with Crippen LogP contribution in [0.2, 0.25) is 0 Å². The van der Waals surface area contributed by atoms with E-state index in [0.717, 1.165) is 6.07 Å². The van der Waals surface area contributed by atoms with Crippen molar-refractivity contribution in [2.75, 3.05) is 19.8 Å². The van der Waals surface area contributed by atoms with Gasteiger partial charge in [-0.2, -0.15) is 0 Å². The molecule has 14 N–H and O–H groups in total. The SMILES string of the molecule is O=c1c(O[C@@H]2O[C@H](CO)[C@@H](O)[C@H](O)[C@H]2O)c(-c2ccc(O)cc2)oc2cc(O[C@@H]3O[C@H](CO)[C@@H](O)[C@H](O)[C@H]3O)c(O[C@@H]3O[C@H](CO)[C@@H](O)[C@H](O)[C@H]3O)c(O)c12. The highest BCUT2D eigenvalue weighted by molar-refractivity contribution is 5.91. The first kappa shape index (κ1) is 40.7. The van der Waals surface area contributed by atoms with Crippen LogP contribution >= 0.6 is 0 Å². The lowest BCUT2D eigenvalue weighted by molar-refractivity contribution is -0.282. The summed E-state index contributed by atoms with van der Waals surface area (Å²) < 4.78 is 39.3. The van der Waals surface area contributed by atoms with Crippen molar-refractivity contribution in [3.63, 3.8) is 0 Å². The summed E-state index contributed by atoms with van der Waals surface area (Å²) in [6.45, 7) is -2.63. The third-order valence-corrected chi connectivity index (χ3v) is 9.42. The number of fused-ring (bicyclic) bond motifs is 1. The molecule has 0 bridgehead atoms. The van der Waals surface area contributed by atoms with Crippen LogP contribution in [0.3, 0.4) is 0 Å². The molecule has 0 unspecified atom stereocenters. The molecule has 3 fully saturated rings. The normalized spacial score (nSPS) is 36.8. The van der Waals surface area contributed by atoms with Gasteiger partial charge in [-0.05, 0) is 24.3 Å². The van der Waals surface area contributed by atoms with Gasteiger partial charge < -0.3 is 104 Å². The van der Waals surface area contributed by atoms with E-state index in [1.165, 1.54) is 24.3 Å². The number of hydrogen-bond acceptors (Lipinski definition) is 22. The molecule has 0 spiro atoms. The number of phenolic OH excluding ortho intramolecular Hbond substituents is 2. The van der Waals surface area contributed by atoms with E-state index in [2.05, 4.69) is 0 Å². The number of aromatic hydroxyl groups is 2. The Morgan fingerprint density at radius 3 is 1.40 bits per heavy atom. The number of hydrogen-bond donors (Lipinski definition) is 14. The van der Waals surface area contributed by atoms with Crippen LogP contribution in [0, 0.1) is 0 Å². The number of ether oxygens (including phenoxy) is 6. The van der Waals surface area contributed by atoms with Gasteiger partial charge in [-0.3, -0.25) is 4.79 Å². The highest BCUT2D eigenvalue weighted by atomic mass is 16.7. The number of aliphatic hydroxyl groups excluding tert-OH is 12. The van der Waals surface area contributed by atoms with E-state index in [9.17, 15) is 76.3 Å². The highest BCUT2D eigenvalue weighted by Gasteiger charge is 2.48. The summed E-state index contributed by atoms with van der Waals surface area (Å²) in [5.74, 6) is -4.30. The van der Waals surface area contributed by atoms with Crippen molar-refractivity contribution in [3.05, 3.63) is 40.6 Å². The van der Waals surface area contributed by atoms with Crippen LogP contribution in [-0.4, -0.2) is 183 Å². The predicted octanol–water partition coefficient (Wildman–Crippen LogP) is -5.59. The second-order valence-corrected chi connectivity index (χ2v) is 13.0. The van der Waals surface area contributed by atoms with E-state index < -0.39 is 157 Å². The molecule has 22 nitrogen and oxygen atoms in total. The smallest absolute Gasteiger partial charge is 0.239 e. The molecule has 55 heavy (non-hydrogen) atoms. The number of benzene rings is 2. The lowest BCUT2D eigenvalue weighted by atomic mass is 9.99. The Hall–Kier alpha value is -3.95. The highest BCUT2D eigenvalue weighted by Crippen LogP contribution is 2.47. The van der Waals surface area contributed by atoms with Crippen molar-refractivity contribution >= 4 is 11.0 Å². The van der Waals surface area contributed by atoms with Crippen LogP contribution < -0.4 is 19.6 Å². The lowest BCUT2D eigenvalue weighted by Crippen LogP contribution is -2.60. The Bertz CT molecular complexity index is 1850. The molecule has 3 saturated heterocycles. The molecular weight excluding hydrogens is 748 g/mol. The maximum atomic E-state index is 14.4. The summed E-state index contributed by atoms with van der Waals surface area (Å²) in [5, 5.41) is 144. The molecule has 0 aliphatic carbocycles. The minimum atomic E-state index is -2.09. The van der Waals surface area contributed by atoms with Crippen LogP contribution in [0.25, 0.3) is 22.3 Å². The van der Waals surface area contributed by atoms with Crippen LogP contribution in [0.4, 0.5) is 0 Å². The molecule has 0 saturated carbocycles. The second-order valence-electron chi connectivity index (χ2n) is 13.0. The summed E-state index contributed by atoms with van der Waals surface area (Å²) >= 11 is 0. The molecule has 15 atom stereocenters. The fourth-order valence-electron chi connectivity index (χ4n) is 6.24. The summed E-state index contributed by atoms with van der Waals surface area (Å²) in [5.41, 5.74) is -1.78. The van der Waals surface area contributed by atoms with E-state index in [1.807, 2.05) is 0 Å². The van der Waals surface area contributed by atoms with Crippen LogP contribution in [0.1, 0.15) is 0 Å². The van der Waals surface area contributed by atoms with Crippen LogP contribution in [0.5, 0.6) is 28.7 Å². The molecule has 1 aromatic heterocycles. The van der Waals surface area contributed by atoms with E-state index in [4.69, 9.17) is 32.8 Å². The summed E-state index contributed by atoms with van der Waals surface area (Å²) in [7, 11) is 0. The number of aliphatic hydroxyl groups is 12. The Morgan fingerprint density at radius 1 is 0.545 bits per heavy atom. The molecule has 304 valence electrons. The standard InChI is InChI=1S/C33H40O22/c34-6-13-17(38)22(43)25(46)31(51-13)50-12-5-11-16(20(41)29(12)54-32-26(47)23(44)18(39)14(7-35)52-32)21(42)30(28(49-11)9-1-3-10(37)4-2-9)55-33-27(48)24(45)19(40)15(8-36)53-33/h1-5,13-15,17-19,22-27,31-41,43-48H,6-8H2/t13-,14-,15-,17-,18-,19-,22+,23+,24+,25-,26-,27-,31-,32+,33+/m1/s1. The summed E-state index contributed by atoms with van der Waals surface area (Å²) in [6.07, 6.45) is -28.0. The molecule has 0 amide bonds. The Kier molecular flexibility index (Phi) is 12.0. The summed E-state index contributed by atoms with van der Waals surface area (Å²) in [6, 6.07) is 5.81. The van der Waals surface area contributed by atoms with E-state index in [1.54, 1.807) is 0 Å². The van der Waals surface area contributed by atoms with E-state index in [0.29, 0.717) is 0 Å². The zero-order valence-corrected chi connectivity index (χ0v) is 28.2. The van der Waals surface area contributed by atoms with Gasteiger partial charge in [0.2, 0.25) is 35.8 Å². The van der Waals surface area contributed by atoms with Crippen molar-refractivity contribution in [2.45, 2.75) is 92.1 Å². The lowest BCUT2D eigenvalue weighted by Gasteiger charge is -2.41. The van der Waals surface area contributed by atoms with Crippen LogP contribution in [0.15, 0.2) is 39.5 Å². The maximum absolute atomic E-state index is 14.4. The Morgan fingerprint density at radius 2 is 0.964 bits per heavy atom. The van der Waals surface area contributed by atoms with Crippen LogP contribution in [-0.2, 0) is 14.2 Å². The van der Waals surface area contributed by atoms with Gasteiger partial charge in [0.05, 0.1) is 19.8 Å². The average Bonchev–Trinajstić information content (AvgIpc) is 3.17. The molecule has 6 rings (SSSR count). The molecule has 3 aliphatic rings. The monoisotopic (exact) mass is 788 g/mol. The topological polar surface area (TPSA) is 369 Å². The van der Waals surface area contributed by atoms with Gasteiger partial charge in [0.1, 0.15) is 90.0 Å². The zero-order chi connectivity index (χ0) is 40.0.